The molecule has 4 nitrogen and oxygen atoms in total. The first kappa shape index (κ1) is 21.9. The third kappa shape index (κ3) is 4.46. The lowest BCUT2D eigenvalue weighted by Gasteiger charge is -2.48. The molecular weight excluding hydrogens is 410 g/mol. The molecule has 33 heavy (non-hydrogen) atoms. The Morgan fingerprint density at radius 3 is 1.82 bits per heavy atom. The Labute approximate surface area is 195 Å². The van der Waals surface area contributed by atoms with E-state index in [1.165, 1.54) is 12.0 Å². The van der Waals surface area contributed by atoms with Crippen molar-refractivity contribution in [2.45, 2.75) is 62.4 Å². The molecule has 3 aromatic carbocycles. The van der Waals surface area contributed by atoms with Crippen LogP contribution in [0.4, 0.5) is 0 Å². The van der Waals surface area contributed by atoms with Gasteiger partial charge in [-0.05, 0) is 29.5 Å². The van der Waals surface area contributed by atoms with Gasteiger partial charge in [-0.25, -0.2) is 4.79 Å². The highest BCUT2D eigenvalue weighted by molar-refractivity contribution is 5.85. The maximum Gasteiger partial charge on any atom is 0.347 e. The molecule has 0 aromatic heterocycles. The fourth-order valence-electron chi connectivity index (χ4n) is 5.57. The van der Waals surface area contributed by atoms with E-state index in [0.717, 1.165) is 32.2 Å². The number of hydrogen-bond acceptors (Lipinski definition) is 4. The molecular formula is C29H31NO3. The van der Waals surface area contributed by atoms with Crippen molar-refractivity contribution < 1.29 is 14.6 Å². The van der Waals surface area contributed by atoms with Gasteiger partial charge in [0, 0.05) is 31.5 Å². The van der Waals surface area contributed by atoms with Crippen LogP contribution in [0.15, 0.2) is 91.0 Å². The van der Waals surface area contributed by atoms with E-state index in [1.54, 1.807) is 24.3 Å². The standard InChI is InChI=1S/C29H31NO3/c31-28(29(32,23-13-6-2-7-14-23)24-15-8-3-9-16-24)33-27-19-25-17-10-18-26(20-27)30(25)21-22-11-4-1-5-12-22/h1-9,11-16,25-27,32H,10,17-21H2/t25-,26-/m1/s1. The second-order valence-corrected chi connectivity index (χ2v) is 9.34. The highest BCUT2D eigenvalue weighted by Gasteiger charge is 2.45. The minimum absolute atomic E-state index is 0.182. The number of aliphatic hydroxyl groups is 1. The summed E-state index contributed by atoms with van der Waals surface area (Å²) in [5.41, 5.74) is 0.567. The van der Waals surface area contributed by atoms with Crippen molar-refractivity contribution in [3.05, 3.63) is 108 Å². The number of benzene rings is 3. The summed E-state index contributed by atoms with van der Waals surface area (Å²) < 4.78 is 6.08. The van der Waals surface area contributed by atoms with Crippen molar-refractivity contribution in [2.24, 2.45) is 0 Å². The fourth-order valence-corrected chi connectivity index (χ4v) is 5.57. The molecule has 3 aromatic rings. The molecule has 0 radical (unpaired) electrons. The van der Waals surface area contributed by atoms with Gasteiger partial charge in [0.2, 0.25) is 5.60 Å². The minimum atomic E-state index is -1.82. The maximum atomic E-state index is 13.5. The van der Waals surface area contributed by atoms with Gasteiger partial charge in [-0.2, -0.15) is 0 Å². The lowest BCUT2D eigenvalue weighted by atomic mass is 9.82. The number of carbonyl (C=O) groups is 1. The second-order valence-electron chi connectivity index (χ2n) is 9.34. The summed E-state index contributed by atoms with van der Waals surface area (Å²) in [6.45, 7) is 0.939. The van der Waals surface area contributed by atoms with Crippen molar-refractivity contribution >= 4 is 5.97 Å². The number of hydrogen-bond donors (Lipinski definition) is 1. The molecule has 0 unspecified atom stereocenters. The van der Waals surface area contributed by atoms with E-state index >= 15 is 0 Å². The Bertz CT molecular complexity index is 1000. The average Bonchev–Trinajstić information content (AvgIpc) is 2.85. The zero-order chi connectivity index (χ0) is 22.7. The van der Waals surface area contributed by atoms with Gasteiger partial charge < -0.3 is 9.84 Å². The molecule has 2 fully saturated rings. The van der Waals surface area contributed by atoms with Crippen LogP contribution >= 0.6 is 0 Å². The molecule has 2 saturated heterocycles. The van der Waals surface area contributed by atoms with E-state index in [-0.39, 0.29) is 6.10 Å². The van der Waals surface area contributed by atoms with E-state index in [0.29, 0.717) is 23.2 Å². The van der Waals surface area contributed by atoms with Gasteiger partial charge in [-0.3, -0.25) is 4.90 Å². The van der Waals surface area contributed by atoms with Gasteiger partial charge in [0.25, 0.3) is 0 Å². The molecule has 4 heteroatoms. The summed E-state index contributed by atoms with van der Waals surface area (Å²) in [6, 6.07) is 29.6. The SMILES string of the molecule is O=C(OC1C[C@H]2CCC[C@H](C1)N2Cc1ccccc1)C(O)(c1ccccc1)c1ccccc1. The molecule has 2 heterocycles. The molecule has 0 aliphatic carbocycles. The van der Waals surface area contributed by atoms with Gasteiger partial charge in [-0.15, -0.1) is 0 Å². The van der Waals surface area contributed by atoms with Crippen LogP contribution in [0.25, 0.3) is 0 Å². The molecule has 170 valence electrons. The Hall–Kier alpha value is -2.95. The summed E-state index contributed by atoms with van der Waals surface area (Å²) in [7, 11) is 0. The van der Waals surface area contributed by atoms with E-state index in [9.17, 15) is 9.90 Å². The van der Waals surface area contributed by atoms with Crippen LogP contribution in [0.3, 0.4) is 0 Å². The highest BCUT2D eigenvalue weighted by atomic mass is 16.6. The minimum Gasteiger partial charge on any atom is -0.460 e. The third-order valence-electron chi connectivity index (χ3n) is 7.24. The van der Waals surface area contributed by atoms with E-state index < -0.39 is 11.6 Å². The average molecular weight is 442 g/mol. The molecule has 0 saturated carbocycles. The van der Waals surface area contributed by atoms with E-state index in [4.69, 9.17) is 4.74 Å². The number of nitrogens with zero attached hydrogens (tertiary/aromatic N) is 1. The van der Waals surface area contributed by atoms with Gasteiger partial charge in [0.15, 0.2) is 0 Å². The summed E-state index contributed by atoms with van der Waals surface area (Å²) in [4.78, 5) is 16.1. The maximum absolute atomic E-state index is 13.5. The van der Waals surface area contributed by atoms with Crippen molar-refractivity contribution in [1.82, 2.24) is 4.90 Å². The van der Waals surface area contributed by atoms with Crippen LogP contribution in [0, 0.1) is 0 Å². The quantitative estimate of drug-likeness (QED) is 0.544. The van der Waals surface area contributed by atoms with Crippen molar-refractivity contribution in [3.8, 4) is 0 Å². The Morgan fingerprint density at radius 1 is 0.818 bits per heavy atom. The van der Waals surface area contributed by atoms with Crippen LogP contribution < -0.4 is 0 Å². The van der Waals surface area contributed by atoms with Crippen LogP contribution in [0.5, 0.6) is 0 Å². The predicted molar refractivity (Wildman–Crippen MR) is 128 cm³/mol. The summed E-state index contributed by atoms with van der Waals surface area (Å²) in [5, 5.41) is 11.7. The van der Waals surface area contributed by atoms with Crippen LogP contribution in [0.1, 0.15) is 48.8 Å². The number of fused-ring (bicyclic) bond motifs is 2. The van der Waals surface area contributed by atoms with Gasteiger partial charge in [0.1, 0.15) is 6.10 Å². The fraction of sp³-hybridized carbons (Fsp3) is 0.345. The first-order valence-electron chi connectivity index (χ1n) is 12.0. The zero-order valence-electron chi connectivity index (χ0n) is 18.8. The predicted octanol–water partition coefficient (Wildman–Crippen LogP) is 5.05. The van der Waals surface area contributed by atoms with Crippen molar-refractivity contribution in [1.29, 1.82) is 0 Å². The van der Waals surface area contributed by atoms with Gasteiger partial charge >= 0.3 is 5.97 Å². The monoisotopic (exact) mass is 441 g/mol. The third-order valence-corrected chi connectivity index (χ3v) is 7.24. The molecule has 1 N–H and O–H groups in total. The molecule has 2 atom stereocenters. The molecule has 2 aliphatic heterocycles. The Morgan fingerprint density at radius 2 is 1.30 bits per heavy atom. The smallest absolute Gasteiger partial charge is 0.347 e. The molecule has 0 spiro atoms. The molecule has 5 rings (SSSR count). The number of ether oxygens (including phenoxy) is 1. The van der Waals surface area contributed by atoms with E-state index in [2.05, 4.69) is 35.2 Å². The summed E-state index contributed by atoms with van der Waals surface area (Å²) >= 11 is 0. The first-order valence-corrected chi connectivity index (χ1v) is 12.0. The van der Waals surface area contributed by atoms with Gasteiger partial charge in [-0.1, -0.05) is 97.4 Å². The van der Waals surface area contributed by atoms with Crippen LogP contribution in [-0.4, -0.2) is 34.2 Å². The van der Waals surface area contributed by atoms with Crippen LogP contribution in [0.2, 0.25) is 0 Å². The molecule has 0 amide bonds. The normalized spacial score (nSPS) is 23.1. The second kappa shape index (κ2) is 9.50. The number of rotatable bonds is 6. The van der Waals surface area contributed by atoms with Crippen molar-refractivity contribution in [2.75, 3.05) is 0 Å². The number of piperidine rings is 2. The molecule has 2 bridgehead atoms. The highest BCUT2D eigenvalue weighted by Crippen LogP contribution is 2.38. The number of esters is 1. The molecule has 2 aliphatic rings. The Balaban J connectivity index is 1.35. The van der Waals surface area contributed by atoms with E-state index in [1.807, 2.05) is 36.4 Å². The van der Waals surface area contributed by atoms with Gasteiger partial charge in [0.05, 0.1) is 0 Å². The summed E-state index contributed by atoms with van der Waals surface area (Å²) in [6.07, 6.45) is 4.92. The summed E-state index contributed by atoms with van der Waals surface area (Å²) in [5.74, 6) is -0.584. The number of carbonyl (C=O) groups excluding carboxylic acids is 1. The lowest BCUT2D eigenvalue weighted by molar-refractivity contribution is -0.173. The lowest BCUT2D eigenvalue weighted by Crippen LogP contribution is -2.54. The van der Waals surface area contributed by atoms with Crippen molar-refractivity contribution in [3.63, 3.8) is 0 Å². The first-order chi connectivity index (χ1) is 16.1. The van der Waals surface area contributed by atoms with Crippen LogP contribution in [-0.2, 0) is 21.7 Å². The topological polar surface area (TPSA) is 49.8 Å². The zero-order valence-corrected chi connectivity index (χ0v) is 18.8. The largest absolute Gasteiger partial charge is 0.460 e. The Kier molecular flexibility index (Phi) is 6.30.